The van der Waals surface area contributed by atoms with Crippen LogP contribution in [0.3, 0.4) is 0 Å². The van der Waals surface area contributed by atoms with E-state index in [1.165, 1.54) is 0 Å². The Labute approximate surface area is 156 Å². The molecule has 9 nitrogen and oxygen atoms in total. The Morgan fingerprint density at radius 3 is 3.11 bits per heavy atom. The van der Waals surface area contributed by atoms with Gasteiger partial charge < -0.3 is 19.5 Å². The number of aromatic nitrogens is 3. The minimum atomic E-state index is -0.559. The maximum Gasteiger partial charge on any atom is 0.407 e. The molecule has 4 heterocycles. The normalized spacial score (nSPS) is 21.9. The van der Waals surface area contributed by atoms with Crippen LogP contribution in [0.2, 0.25) is 0 Å². The van der Waals surface area contributed by atoms with E-state index in [1.54, 1.807) is 17.3 Å². The highest BCUT2D eigenvalue weighted by molar-refractivity contribution is 5.77. The van der Waals surface area contributed by atoms with Crippen molar-refractivity contribution in [2.45, 2.75) is 37.7 Å². The van der Waals surface area contributed by atoms with Crippen molar-refractivity contribution in [3.63, 3.8) is 0 Å². The molecule has 0 bridgehead atoms. The smallest absolute Gasteiger partial charge is 0.407 e. The van der Waals surface area contributed by atoms with Gasteiger partial charge in [-0.1, -0.05) is 5.16 Å². The first-order chi connectivity index (χ1) is 13.1. The molecule has 2 aromatic heterocycles. The third-order valence-electron chi connectivity index (χ3n) is 4.93. The average Bonchev–Trinajstić information content (AvgIpc) is 3.29. The first-order valence-electron chi connectivity index (χ1n) is 9.11. The van der Waals surface area contributed by atoms with Gasteiger partial charge in [0.15, 0.2) is 0 Å². The molecule has 2 fully saturated rings. The summed E-state index contributed by atoms with van der Waals surface area (Å²) in [5, 5.41) is 6.64. The van der Waals surface area contributed by atoms with Crippen molar-refractivity contribution in [1.82, 2.24) is 25.3 Å². The van der Waals surface area contributed by atoms with Gasteiger partial charge in [0, 0.05) is 37.3 Å². The Morgan fingerprint density at radius 2 is 2.33 bits per heavy atom. The average molecular weight is 371 g/mol. The van der Waals surface area contributed by atoms with Crippen molar-refractivity contribution in [3.05, 3.63) is 30.4 Å². The van der Waals surface area contributed by atoms with E-state index in [4.69, 9.17) is 9.26 Å². The van der Waals surface area contributed by atoms with E-state index < -0.39 is 11.7 Å². The number of pyridine rings is 1. The third kappa shape index (κ3) is 3.91. The second-order valence-corrected chi connectivity index (χ2v) is 6.95. The van der Waals surface area contributed by atoms with Crippen molar-refractivity contribution in [3.8, 4) is 11.4 Å². The van der Waals surface area contributed by atoms with Crippen molar-refractivity contribution in [2.75, 3.05) is 19.6 Å². The summed E-state index contributed by atoms with van der Waals surface area (Å²) in [5.74, 6) is 1.06. The third-order valence-corrected chi connectivity index (χ3v) is 4.93. The first kappa shape index (κ1) is 17.4. The van der Waals surface area contributed by atoms with Crippen LogP contribution in [0.4, 0.5) is 4.79 Å². The highest BCUT2D eigenvalue weighted by Gasteiger charge is 2.44. The standard InChI is InChI=1S/C18H21N5O4/c24-15(23-9-3-7-18(12-23)11-20-17(25)26-18)6-1-5-14-21-16(22-27-14)13-4-2-8-19-10-13/h2,4,8,10H,1,3,5-7,9,11-12H2,(H,20,25). The highest BCUT2D eigenvalue weighted by Crippen LogP contribution is 2.28. The lowest BCUT2D eigenvalue weighted by Gasteiger charge is -2.38. The Hall–Kier alpha value is -2.97. The lowest BCUT2D eigenvalue weighted by molar-refractivity contribution is -0.136. The van der Waals surface area contributed by atoms with Crippen LogP contribution in [0.5, 0.6) is 0 Å². The first-order valence-corrected chi connectivity index (χ1v) is 9.11. The number of nitrogens with one attached hydrogen (secondary N) is 1. The monoisotopic (exact) mass is 371 g/mol. The zero-order valence-corrected chi connectivity index (χ0v) is 14.9. The number of rotatable bonds is 5. The Balaban J connectivity index is 1.27. The fraction of sp³-hybridized carbons (Fsp3) is 0.500. The quantitative estimate of drug-likeness (QED) is 0.849. The van der Waals surface area contributed by atoms with Gasteiger partial charge in [0.2, 0.25) is 17.6 Å². The van der Waals surface area contributed by atoms with Gasteiger partial charge in [0.25, 0.3) is 0 Å². The molecular formula is C18H21N5O4. The van der Waals surface area contributed by atoms with Crippen molar-refractivity contribution < 1.29 is 18.8 Å². The number of aryl methyl sites for hydroxylation is 1. The van der Waals surface area contributed by atoms with E-state index in [-0.39, 0.29) is 5.91 Å². The molecule has 9 heteroatoms. The second kappa shape index (κ2) is 7.34. The number of nitrogens with zero attached hydrogens (tertiary/aromatic N) is 4. The molecule has 2 aliphatic rings. The molecule has 1 unspecified atom stereocenters. The molecule has 142 valence electrons. The Bertz CT molecular complexity index is 824. The topological polar surface area (TPSA) is 110 Å². The van der Waals surface area contributed by atoms with Gasteiger partial charge in [-0.15, -0.1) is 0 Å². The number of hydrogen-bond acceptors (Lipinski definition) is 7. The zero-order chi connectivity index (χ0) is 18.7. The Morgan fingerprint density at radius 1 is 1.41 bits per heavy atom. The SMILES string of the molecule is O=C1NCC2(CCCN(C(=O)CCCc3nc(-c4cccnc4)no3)C2)O1. The number of amides is 2. The maximum absolute atomic E-state index is 12.5. The van der Waals surface area contributed by atoms with Crippen molar-refractivity contribution in [1.29, 1.82) is 0 Å². The molecule has 2 aromatic rings. The summed E-state index contributed by atoms with van der Waals surface area (Å²) in [4.78, 5) is 34.1. The van der Waals surface area contributed by atoms with E-state index in [1.807, 2.05) is 12.1 Å². The molecule has 0 radical (unpaired) electrons. The van der Waals surface area contributed by atoms with Crippen LogP contribution < -0.4 is 5.32 Å². The largest absolute Gasteiger partial charge is 0.439 e. The van der Waals surface area contributed by atoms with E-state index in [0.717, 1.165) is 18.4 Å². The number of carbonyl (C=O) groups is 2. The summed E-state index contributed by atoms with van der Waals surface area (Å²) in [5.41, 5.74) is 0.234. The lowest BCUT2D eigenvalue weighted by Crippen LogP contribution is -2.52. The second-order valence-electron chi connectivity index (χ2n) is 6.95. The summed E-state index contributed by atoms with van der Waals surface area (Å²) >= 11 is 0. The van der Waals surface area contributed by atoms with Crippen LogP contribution in [-0.4, -0.2) is 57.3 Å². The highest BCUT2D eigenvalue weighted by atomic mass is 16.6. The zero-order valence-electron chi connectivity index (χ0n) is 14.9. The van der Waals surface area contributed by atoms with Gasteiger partial charge in [-0.3, -0.25) is 9.78 Å². The molecule has 2 amide bonds. The van der Waals surface area contributed by atoms with Gasteiger partial charge in [-0.05, 0) is 31.4 Å². The lowest BCUT2D eigenvalue weighted by atomic mass is 9.93. The Kier molecular flexibility index (Phi) is 4.74. The predicted octanol–water partition coefficient (Wildman–Crippen LogP) is 1.56. The summed E-state index contributed by atoms with van der Waals surface area (Å²) in [6.07, 6.45) is 6.13. The molecule has 0 aliphatic carbocycles. The van der Waals surface area contributed by atoms with Crippen molar-refractivity contribution in [2.24, 2.45) is 0 Å². The van der Waals surface area contributed by atoms with Crippen LogP contribution in [0.25, 0.3) is 11.4 Å². The molecule has 1 atom stereocenters. The molecule has 1 spiro atoms. The van der Waals surface area contributed by atoms with E-state index in [0.29, 0.717) is 50.6 Å². The number of hydrogen-bond donors (Lipinski definition) is 1. The number of ether oxygens (including phenoxy) is 1. The van der Waals surface area contributed by atoms with Gasteiger partial charge in [0.1, 0.15) is 5.60 Å². The van der Waals surface area contributed by atoms with Crippen LogP contribution in [-0.2, 0) is 16.0 Å². The minimum Gasteiger partial charge on any atom is -0.439 e. The van der Waals surface area contributed by atoms with E-state index in [2.05, 4.69) is 20.4 Å². The van der Waals surface area contributed by atoms with Crippen molar-refractivity contribution >= 4 is 12.0 Å². The number of likely N-dealkylation sites (tertiary alicyclic amines) is 1. The number of piperidine rings is 1. The predicted molar refractivity (Wildman–Crippen MR) is 93.5 cm³/mol. The van der Waals surface area contributed by atoms with Crippen LogP contribution in [0.1, 0.15) is 31.6 Å². The molecule has 2 aliphatic heterocycles. The fourth-order valence-electron chi connectivity index (χ4n) is 3.56. The van der Waals surface area contributed by atoms with E-state index in [9.17, 15) is 9.59 Å². The van der Waals surface area contributed by atoms with Gasteiger partial charge >= 0.3 is 6.09 Å². The van der Waals surface area contributed by atoms with E-state index >= 15 is 0 Å². The van der Waals surface area contributed by atoms with Gasteiger partial charge in [0.05, 0.1) is 13.1 Å². The number of carbonyl (C=O) groups excluding carboxylic acids is 2. The molecule has 1 N–H and O–H groups in total. The molecule has 4 rings (SSSR count). The fourth-order valence-corrected chi connectivity index (χ4v) is 3.56. The molecular weight excluding hydrogens is 350 g/mol. The summed E-state index contributed by atoms with van der Waals surface area (Å²) < 4.78 is 10.7. The van der Waals surface area contributed by atoms with Crippen LogP contribution >= 0.6 is 0 Å². The molecule has 0 saturated carbocycles. The van der Waals surface area contributed by atoms with Crippen LogP contribution in [0.15, 0.2) is 29.0 Å². The molecule has 27 heavy (non-hydrogen) atoms. The van der Waals surface area contributed by atoms with Gasteiger partial charge in [-0.2, -0.15) is 4.98 Å². The molecule has 0 aromatic carbocycles. The summed E-state index contributed by atoms with van der Waals surface area (Å²) in [6, 6.07) is 3.68. The van der Waals surface area contributed by atoms with Gasteiger partial charge in [-0.25, -0.2) is 4.79 Å². The van der Waals surface area contributed by atoms with Crippen LogP contribution in [0, 0.1) is 0 Å². The summed E-state index contributed by atoms with van der Waals surface area (Å²) in [7, 11) is 0. The maximum atomic E-state index is 12.5. The summed E-state index contributed by atoms with van der Waals surface area (Å²) in [6.45, 7) is 1.62. The molecule has 2 saturated heterocycles. The minimum absolute atomic E-state index is 0.0593. The number of alkyl carbamates (subject to hydrolysis) is 1.